The van der Waals surface area contributed by atoms with E-state index in [1.165, 1.54) is 0 Å². The predicted molar refractivity (Wildman–Crippen MR) is 77.3 cm³/mol. The lowest BCUT2D eigenvalue weighted by atomic mass is 10.2. The van der Waals surface area contributed by atoms with E-state index < -0.39 is 11.6 Å². The van der Waals surface area contributed by atoms with Crippen LogP contribution in [-0.2, 0) is 9.63 Å². The number of benzene rings is 1. The van der Waals surface area contributed by atoms with Gasteiger partial charge >= 0.3 is 6.47 Å². The molecule has 2 atom stereocenters. The van der Waals surface area contributed by atoms with Gasteiger partial charge in [0.05, 0.1) is 7.11 Å². The van der Waals surface area contributed by atoms with Gasteiger partial charge in [-0.15, -0.1) is 17.1 Å². The van der Waals surface area contributed by atoms with Gasteiger partial charge in [-0.05, 0) is 25.0 Å². The highest BCUT2D eigenvalue weighted by atomic mass is 35.5. The monoisotopic (exact) mass is 321 g/mol. The first-order valence-electron chi connectivity index (χ1n) is 6.07. The fourth-order valence-corrected chi connectivity index (χ4v) is 1.97. The summed E-state index contributed by atoms with van der Waals surface area (Å²) in [6.45, 7) is 0.261. The molecule has 1 aromatic rings. The molecule has 0 aliphatic heterocycles. The molecular formula is C13H17Cl2NO4. The van der Waals surface area contributed by atoms with Crippen molar-refractivity contribution in [1.82, 2.24) is 5.48 Å². The molecule has 0 radical (unpaired) electrons. The highest BCUT2D eigenvalue weighted by Crippen LogP contribution is 2.28. The highest BCUT2D eigenvalue weighted by molar-refractivity contribution is 6.20. The largest absolute Gasteiger partial charge is 0.493 e. The fourth-order valence-electron chi connectivity index (χ4n) is 1.59. The van der Waals surface area contributed by atoms with Gasteiger partial charge < -0.3 is 14.3 Å². The molecule has 0 aliphatic rings. The third-order valence-electron chi connectivity index (χ3n) is 2.52. The van der Waals surface area contributed by atoms with Crippen molar-refractivity contribution >= 4 is 29.7 Å². The molecule has 5 nitrogen and oxygen atoms in total. The Kier molecular flexibility index (Phi) is 8.18. The summed E-state index contributed by atoms with van der Waals surface area (Å²) in [6.07, 6.45) is 0.893. The van der Waals surface area contributed by atoms with E-state index in [2.05, 4.69) is 10.3 Å². The number of nitrogens with one attached hydrogen (secondary N) is 1. The Morgan fingerprint density at radius 3 is 2.65 bits per heavy atom. The number of halogens is 2. The number of hydrogen-bond acceptors (Lipinski definition) is 5. The Morgan fingerprint density at radius 2 is 2.05 bits per heavy atom. The third kappa shape index (κ3) is 5.45. The summed E-state index contributed by atoms with van der Waals surface area (Å²) in [5, 5.41) is 0. The van der Waals surface area contributed by atoms with Crippen LogP contribution < -0.4 is 15.0 Å². The number of hydroxylamine groups is 1. The number of para-hydroxylation sites is 2. The van der Waals surface area contributed by atoms with Crippen LogP contribution in [0.15, 0.2) is 24.3 Å². The number of carbonyl (C=O) groups is 1. The third-order valence-corrected chi connectivity index (χ3v) is 3.16. The minimum Gasteiger partial charge on any atom is -0.493 e. The summed E-state index contributed by atoms with van der Waals surface area (Å²) < 4.78 is 11.0. The molecule has 0 saturated carbocycles. The first kappa shape index (κ1) is 16.9. The number of carbonyl (C=O) groups excluding carboxylic acids is 1. The van der Waals surface area contributed by atoms with Gasteiger partial charge in [-0.3, -0.25) is 4.79 Å². The van der Waals surface area contributed by atoms with E-state index in [0.29, 0.717) is 30.2 Å². The molecule has 0 aliphatic carbocycles. The maximum Gasteiger partial charge on any atom is 0.312 e. The minimum absolute atomic E-state index is 0.261. The second-order valence-corrected chi connectivity index (χ2v) is 4.72. The average molecular weight is 322 g/mol. The molecule has 0 spiro atoms. The molecule has 0 heterocycles. The van der Waals surface area contributed by atoms with E-state index in [4.69, 9.17) is 32.7 Å². The van der Waals surface area contributed by atoms with E-state index >= 15 is 0 Å². The first-order chi connectivity index (χ1) is 9.72. The van der Waals surface area contributed by atoms with Crippen molar-refractivity contribution in [3.8, 4) is 11.5 Å². The Balaban J connectivity index is 2.74. The Hall–Kier alpha value is -1.17. The smallest absolute Gasteiger partial charge is 0.312 e. The van der Waals surface area contributed by atoms with Gasteiger partial charge in [0.2, 0.25) is 0 Å². The van der Waals surface area contributed by atoms with Crippen molar-refractivity contribution in [2.75, 3.05) is 13.0 Å². The van der Waals surface area contributed by atoms with Crippen LogP contribution in [0.2, 0.25) is 0 Å². The van der Waals surface area contributed by atoms with Crippen LogP contribution >= 0.6 is 23.2 Å². The summed E-state index contributed by atoms with van der Waals surface area (Å²) in [5.41, 5.74) is 1.69. The van der Waals surface area contributed by atoms with Crippen LogP contribution in [0.3, 0.4) is 0 Å². The lowest BCUT2D eigenvalue weighted by Crippen LogP contribution is -2.39. The standard InChI is InChI=1S/C13H17Cl2NO4/c1-18-10-5-2-3-6-11(10)20-12(7-4-8-14)13(15)16-19-9-17/h2-3,5-6,9,12-13,16H,4,7-8H2,1H3. The zero-order chi connectivity index (χ0) is 14.8. The molecule has 0 amide bonds. The van der Waals surface area contributed by atoms with Crippen molar-refractivity contribution in [1.29, 1.82) is 0 Å². The maximum absolute atomic E-state index is 10.2. The van der Waals surface area contributed by atoms with E-state index in [-0.39, 0.29) is 6.47 Å². The van der Waals surface area contributed by atoms with Crippen molar-refractivity contribution in [3.05, 3.63) is 24.3 Å². The van der Waals surface area contributed by atoms with Gasteiger partial charge in [-0.25, -0.2) is 0 Å². The molecular weight excluding hydrogens is 305 g/mol. The Morgan fingerprint density at radius 1 is 1.35 bits per heavy atom. The van der Waals surface area contributed by atoms with Crippen LogP contribution in [-0.4, -0.2) is 31.1 Å². The number of methoxy groups -OCH3 is 1. The first-order valence-corrected chi connectivity index (χ1v) is 7.04. The van der Waals surface area contributed by atoms with Crippen LogP contribution in [0.5, 0.6) is 11.5 Å². The van der Waals surface area contributed by atoms with Gasteiger partial charge in [0.25, 0.3) is 0 Å². The molecule has 0 saturated heterocycles. The Bertz CT molecular complexity index is 406. The number of hydrogen-bond donors (Lipinski definition) is 1. The van der Waals surface area contributed by atoms with Gasteiger partial charge in [0, 0.05) is 5.88 Å². The van der Waals surface area contributed by atoms with Gasteiger partial charge in [0.1, 0.15) is 6.10 Å². The lowest BCUT2D eigenvalue weighted by Gasteiger charge is -2.24. The number of alkyl halides is 2. The van der Waals surface area contributed by atoms with Gasteiger partial charge in [0.15, 0.2) is 17.0 Å². The topological polar surface area (TPSA) is 56.8 Å². The quantitative estimate of drug-likeness (QED) is 0.311. The highest BCUT2D eigenvalue weighted by Gasteiger charge is 2.22. The number of ether oxygens (including phenoxy) is 2. The lowest BCUT2D eigenvalue weighted by molar-refractivity contribution is -0.136. The van der Waals surface area contributed by atoms with E-state index in [1.54, 1.807) is 19.2 Å². The Labute approximate surface area is 128 Å². The van der Waals surface area contributed by atoms with Crippen molar-refractivity contribution in [2.45, 2.75) is 24.4 Å². The molecule has 0 bridgehead atoms. The molecule has 1 aromatic carbocycles. The number of rotatable bonds is 10. The average Bonchev–Trinajstić information content (AvgIpc) is 2.49. The van der Waals surface area contributed by atoms with E-state index in [9.17, 15) is 4.79 Å². The summed E-state index contributed by atoms with van der Waals surface area (Å²) in [7, 11) is 1.56. The fraction of sp³-hybridized carbons (Fsp3) is 0.462. The van der Waals surface area contributed by atoms with Crippen molar-refractivity contribution in [3.63, 3.8) is 0 Å². The summed E-state index contributed by atoms with van der Waals surface area (Å²) in [5.74, 6) is 1.65. The second-order valence-electron chi connectivity index (χ2n) is 3.87. The van der Waals surface area contributed by atoms with Gasteiger partial charge in [-0.2, -0.15) is 0 Å². The van der Waals surface area contributed by atoms with Crippen LogP contribution in [0.25, 0.3) is 0 Å². The molecule has 7 heteroatoms. The molecule has 20 heavy (non-hydrogen) atoms. The molecule has 1 rings (SSSR count). The molecule has 112 valence electrons. The van der Waals surface area contributed by atoms with E-state index in [1.807, 2.05) is 12.1 Å². The van der Waals surface area contributed by atoms with Crippen LogP contribution in [0, 0.1) is 0 Å². The minimum atomic E-state index is -0.701. The van der Waals surface area contributed by atoms with E-state index in [0.717, 1.165) is 0 Å². The molecule has 2 unspecified atom stereocenters. The molecule has 0 aromatic heterocycles. The van der Waals surface area contributed by atoms with Crippen LogP contribution in [0.1, 0.15) is 12.8 Å². The van der Waals surface area contributed by atoms with Gasteiger partial charge in [-0.1, -0.05) is 23.7 Å². The summed E-state index contributed by atoms with van der Waals surface area (Å²) in [4.78, 5) is 14.6. The normalized spacial score (nSPS) is 13.3. The zero-order valence-electron chi connectivity index (χ0n) is 11.1. The predicted octanol–water partition coefficient (Wildman–Crippen LogP) is 2.70. The maximum atomic E-state index is 10.2. The van der Waals surface area contributed by atoms with Crippen molar-refractivity contribution < 1.29 is 19.1 Å². The summed E-state index contributed by atoms with van der Waals surface area (Å²) in [6, 6.07) is 7.23. The molecule has 0 fully saturated rings. The molecule has 1 N–H and O–H groups in total. The summed E-state index contributed by atoms with van der Waals surface area (Å²) >= 11 is 11.8. The van der Waals surface area contributed by atoms with Crippen molar-refractivity contribution in [2.24, 2.45) is 0 Å². The van der Waals surface area contributed by atoms with Crippen LogP contribution in [0.4, 0.5) is 0 Å². The second kappa shape index (κ2) is 9.69. The zero-order valence-corrected chi connectivity index (χ0v) is 12.6. The SMILES string of the molecule is COc1ccccc1OC(CCCCl)C(Cl)NOC=O.